The normalized spacial score (nSPS) is 10.5. The molecule has 0 saturated heterocycles. The lowest BCUT2D eigenvalue weighted by molar-refractivity contribution is 0.317. The molecule has 1 aromatic rings. The second kappa shape index (κ2) is 7.92. The van der Waals surface area contributed by atoms with E-state index >= 15 is 0 Å². The van der Waals surface area contributed by atoms with Crippen LogP contribution in [0.5, 0.6) is 11.5 Å². The lowest BCUT2D eigenvalue weighted by Gasteiger charge is -2.09. The zero-order valence-corrected chi connectivity index (χ0v) is 10.4. The van der Waals surface area contributed by atoms with Crippen molar-refractivity contribution in [3.8, 4) is 11.5 Å². The van der Waals surface area contributed by atoms with Crippen molar-refractivity contribution in [3.05, 3.63) is 23.8 Å². The average Bonchev–Trinajstić information content (AvgIpc) is 2.33. The van der Waals surface area contributed by atoms with Crippen LogP contribution in [0, 0.1) is 0 Å². The van der Waals surface area contributed by atoms with E-state index < -0.39 is 0 Å². The van der Waals surface area contributed by atoms with E-state index in [1.54, 1.807) is 6.07 Å². The number of phenolic OH excluding ortho intramolecular Hbond substituents is 1. The van der Waals surface area contributed by atoms with Crippen LogP contribution in [0.15, 0.2) is 18.2 Å². The number of aromatic hydroxyl groups is 1. The van der Waals surface area contributed by atoms with E-state index in [4.69, 9.17) is 10.5 Å². The average molecular weight is 238 g/mol. The first kappa shape index (κ1) is 13.8. The van der Waals surface area contributed by atoms with E-state index in [0.717, 1.165) is 38.0 Å². The molecule has 4 N–H and O–H groups in total. The van der Waals surface area contributed by atoms with Gasteiger partial charge in [0.2, 0.25) is 0 Å². The minimum atomic E-state index is 0.193. The number of unbranched alkanes of at least 4 members (excludes halogenated alkanes) is 1. The van der Waals surface area contributed by atoms with E-state index in [-0.39, 0.29) is 5.75 Å². The molecule has 17 heavy (non-hydrogen) atoms. The smallest absolute Gasteiger partial charge is 0.161 e. The molecule has 0 spiro atoms. The summed E-state index contributed by atoms with van der Waals surface area (Å²) in [7, 11) is 0. The molecule has 0 aliphatic rings. The summed E-state index contributed by atoms with van der Waals surface area (Å²) in [5.41, 5.74) is 6.53. The fourth-order valence-corrected chi connectivity index (χ4v) is 1.57. The van der Waals surface area contributed by atoms with Gasteiger partial charge in [0.1, 0.15) is 0 Å². The summed E-state index contributed by atoms with van der Waals surface area (Å²) in [6.45, 7) is 4.94. The van der Waals surface area contributed by atoms with Gasteiger partial charge in [0.25, 0.3) is 0 Å². The Hall–Kier alpha value is -1.26. The monoisotopic (exact) mass is 238 g/mol. The number of ether oxygens (including phenoxy) is 1. The molecule has 0 unspecified atom stereocenters. The van der Waals surface area contributed by atoms with Crippen molar-refractivity contribution < 1.29 is 9.84 Å². The van der Waals surface area contributed by atoms with E-state index in [0.29, 0.717) is 12.4 Å². The Morgan fingerprint density at radius 2 is 2.18 bits per heavy atom. The number of hydrogen-bond acceptors (Lipinski definition) is 4. The zero-order valence-electron chi connectivity index (χ0n) is 10.4. The Morgan fingerprint density at radius 3 is 2.88 bits per heavy atom. The van der Waals surface area contributed by atoms with Gasteiger partial charge in [0, 0.05) is 6.54 Å². The van der Waals surface area contributed by atoms with Crippen LogP contribution >= 0.6 is 0 Å². The Kier molecular flexibility index (Phi) is 6.43. The molecule has 1 rings (SSSR count). The second-order valence-electron chi connectivity index (χ2n) is 3.91. The molecular weight excluding hydrogens is 216 g/mol. The van der Waals surface area contributed by atoms with E-state index in [1.165, 1.54) is 0 Å². The van der Waals surface area contributed by atoms with E-state index in [9.17, 15) is 5.11 Å². The maximum absolute atomic E-state index is 9.55. The number of hydrogen-bond donors (Lipinski definition) is 3. The van der Waals surface area contributed by atoms with Gasteiger partial charge < -0.3 is 20.9 Å². The Labute approximate surface area is 103 Å². The first-order valence-electron chi connectivity index (χ1n) is 6.13. The number of nitrogens with one attached hydrogen (secondary N) is 1. The molecule has 4 heteroatoms. The number of nitrogens with two attached hydrogens (primary N) is 1. The Morgan fingerprint density at radius 1 is 1.35 bits per heavy atom. The molecule has 0 aliphatic carbocycles. The first-order valence-corrected chi connectivity index (χ1v) is 6.13. The van der Waals surface area contributed by atoms with Gasteiger partial charge in [-0.1, -0.05) is 6.07 Å². The van der Waals surface area contributed by atoms with Gasteiger partial charge >= 0.3 is 0 Å². The highest BCUT2D eigenvalue weighted by atomic mass is 16.5. The van der Waals surface area contributed by atoms with Crippen molar-refractivity contribution in [1.29, 1.82) is 0 Å². The summed E-state index contributed by atoms with van der Waals surface area (Å²) >= 11 is 0. The highest BCUT2D eigenvalue weighted by Crippen LogP contribution is 2.26. The predicted molar refractivity (Wildman–Crippen MR) is 69.3 cm³/mol. The molecular formula is C13H22N2O2. The summed E-state index contributed by atoms with van der Waals surface area (Å²) in [6.07, 6.45) is 2.14. The topological polar surface area (TPSA) is 67.5 Å². The van der Waals surface area contributed by atoms with Crippen molar-refractivity contribution in [3.63, 3.8) is 0 Å². The van der Waals surface area contributed by atoms with Gasteiger partial charge in [-0.05, 0) is 50.6 Å². The third kappa shape index (κ3) is 5.06. The molecule has 0 heterocycles. The molecule has 0 aromatic heterocycles. The third-order valence-electron chi connectivity index (χ3n) is 2.46. The lowest BCUT2D eigenvalue weighted by atomic mass is 10.2. The minimum absolute atomic E-state index is 0.193. The van der Waals surface area contributed by atoms with Crippen LogP contribution in [-0.4, -0.2) is 24.8 Å². The van der Waals surface area contributed by atoms with Crippen LogP contribution in [0.1, 0.15) is 25.3 Å². The van der Waals surface area contributed by atoms with Gasteiger partial charge in [0.05, 0.1) is 6.61 Å². The van der Waals surface area contributed by atoms with Crippen LogP contribution in [0.25, 0.3) is 0 Å². The fraction of sp³-hybridized carbons (Fsp3) is 0.538. The maximum Gasteiger partial charge on any atom is 0.161 e. The molecule has 0 bridgehead atoms. The van der Waals surface area contributed by atoms with Crippen LogP contribution in [-0.2, 0) is 6.54 Å². The minimum Gasteiger partial charge on any atom is -0.504 e. The molecule has 4 nitrogen and oxygen atoms in total. The molecule has 0 aliphatic heterocycles. The predicted octanol–water partition coefficient (Wildman–Crippen LogP) is 1.62. The van der Waals surface area contributed by atoms with Gasteiger partial charge in [-0.3, -0.25) is 0 Å². The third-order valence-corrected chi connectivity index (χ3v) is 2.46. The highest BCUT2D eigenvalue weighted by molar-refractivity contribution is 5.41. The fourth-order valence-electron chi connectivity index (χ4n) is 1.57. The highest BCUT2D eigenvalue weighted by Gasteiger charge is 2.02. The van der Waals surface area contributed by atoms with Gasteiger partial charge in [0.15, 0.2) is 11.5 Å². The molecule has 1 aromatic carbocycles. The summed E-state index contributed by atoms with van der Waals surface area (Å²) < 4.78 is 5.33. The van der Waals surface area contributed by atoms with Gasteiger partial charge in [-0.15, -0.1) is 0 Å². The molecule has 0 saturated carbocycles. The number of benzene rings is 1. The van der Waals surface area contributed by atoms with Crippen molar-refractivity contribution in [1.82, 2.24) is 5.32 Å². The van der Waals surface area contributed by atoms with Crippen LogP contribution in [0.3, 0.4) is 0 Å². The van der Waals surface area contributed by atoms with Crippen molar-refractivity contribution >= 4 is 0 Å². The lowest BCUT2D eigenvalue weighted by Crippen LogP contribution is -2.15. The first-order chi connectivity index (χ1) is 8.27. The van der Waals surface area contributed by atoms with Gasteiger partial charge in [-0.25, -0.2) is 0 Å². The number of rotatable bonds is 8. The number of phenols is 1. The van der Waals surface area contributed by atoms with Crippen LogP contribution in [0.2, 0.25) is 0 Å². The zero-order chi connectivity index (χ0) is 12.5. The maximum atomic E-state index is 9.55. The quantitative estimate of drug-likeness (QED) is 0.602. The Bertz CT molecular complexity index is 329. The summed E-state index contributed by atoms with van der Waals surface area (Å²) in [5, 5.41) is 12.9. The van der Waals surface area contributed by atoms with Crippen molar-refractivity contribution in [2.75, 3.05) is 19.7 Å². The summed E-state index contributed by atoms with van der Waals surface area (Å²) in [4.78, 5) is 0. The molecule has 0 fully saturated rings. The van der Waals surface area contributed by atoms with E-state index in [1.807, 2.05) is 19.1 Å². The van der Waals surface area contributed by atoms with Crippen molar-refractivity contribution in [2.24, 2.45) is 5.73 Å². The van der Waals surface area contributed by atoms with Gasteiger partial charge in [-0.2, -0.15) is 0 Å². The summed E-state index contributed by atoms with van der Waals surface area (Å²) in [6, 6.07) is 5.43. The SMILES string of the molecule is CCOc1cc(CNCCCCN)ccc1O. The standard InChI is InChI=1S/C13H22N2O2/c1-2-17-13-9-11(5-6-12(13)16)10-15-8-4-3-7-14/h5-6,9,15-16H,2-4,7-8,10,14H2,1H3. The summed E-state index contributed by atoms with van der Waals surface area (Å²) in [5.74, 6) is 0.743. The molecule has 96 valence electrons. The largest absolute Gasteiger partial charge is 0.504 e. The second-order valence-corrected chi connectivity index (χ2v) is 3.91. The molecule has 0 radical (unpaired) electrons. The van der Waals surface area contributed by atoms with E-state index in [2.05, 4.69) is 5.32 Å². The van der Waals surface area contributed by atoms with Crippen LogP contribution < -0.4 is 15.8 Å². The molecule has 0 amide bonds. The van der Waals surface area contributed by atoms with Crippen LogP contribution in [0.4, 0.5) is 0 Å². The Balaban J connectivity index is 2.40. The van der Waals surface area contributed by atoms with Crippen molar-refractivity contribution in [2.45, 2.75) is 26.3 Å². The molecule has 0 atom stereocenters.